The highest BCUT2D eigenvalue weighted by molar-refractivity contribution is 5.54. The van der Waals surface area contributed by atoms with Crippen molar-refractivity contribution in [3.63, 3.8) is 0 Å². The van der Waals surface area contributed by atoms with E-state index in [1.54, 1.807) is 26.8 Å². The SMILES string of the molecule is Cc1cc(C#N)c(C)c(C(C)N)c1O. The Bertz CT molecular complexity index is 403. The number of hydrogen-bond donors (Lipinski definition) is 2. The molecule has 0 bridgehead atoms. The molecule has 0 saturated carbocycles. The second-order valence-electron chi connectivity index (χ2n) is 3.53. The maximum absolute atomic E-state index is 9.78. The van der Waals surface area contributed by atoms with Gasteiger partial charge in [-0.05, 0) is 38.0 Å². The molecule has 0 radical (unpaired) electrons. The predicted octanol–water partition coefficient (Wildman–Crippen LogP) is 1.90. The fourth-order valence-electron chi connectivity index (χ4n) is 1.60. The molecule has 1 aromatic carbocycles. The highest BCUT2D eigenvalue weighted by Gasteiger charge is 2.15. The van der Waals surface area contributed by atoms with Crippen LogP contribution in [0.1, 0.15) is 35.2 Å². The molecular weight excluding hydrogens is 176 g/mol. The number of nitriles is 1. The number of aryl methyl sites for hydroxylation is 1. The Labute approximate surface area is 83.8 Å². The van der Waals surface area contributed by atoms with E-state index in [-0.39, 0.29) is 11.8 Å². The number of rotatable bonds is 1. The summed E-state index contributed by atoms with van der Waals surface area (Å²) >= 11 is 0. The first-order chi connectivity index (χ1) is 6.49. The Morgan fingerprint density at radius 1 is 1.50 bits per heavy atom. The third kappa shape index (κ3) is 1.57. The Hall–Kier alpha value is -1.53. The monoisotopic (exact) mass is 190 g/mol. The van der Waals surface area contributed by atoms with Gasteiger partial charge in [0.15, 0.2) is 0 Å². The highest BCUT2D eigenvalue weighted by Crippen LogP contribution is 2.31. The first-order valence-corrected chi connectivity index (χ1v) is 4.47. The third-order valence-electron chi connectivity index (χ3n) is 2.37. The van der Waals surface area contributed by atoms with E-state index in [1.807, 2.05) is 0 Å². The standard InChI is InChI=1S/C11H14N2O/c1-6-4-9(5-12)7(2)10(8(3)13)11(6)14/h4,8,14H,13H2,1-3H3. The van der Waals surface area contributed by atoms with Gasteiger partial charge >= 0.3 is 0 Å². The summed E-state index contributed by atoms with van der Waals surface area (Å²) in [6.07, 6.45) is 0. The van der Waals surface area contributed by atoms with E-state index in [0.717, 1.165) is 5.56 Å². The van der Waals surface area contributed by atoms with Gasteiger partial charge in [-0.2, -0.15) is 5.26 Å². The van der Waals surface area contributed by atoms with Crippen molar-refractivity contribution >= 4 is 0 Å². The minimum atomic E-state index is -0.262. The van der Waals surface area contributed by atoms with Gasteiger partial charge in [0.2, 0.25) is 0 Å². The van der Waals surface area contributed by atoms with Gasteiger partial charge in [0, 0.05) is 11.6 Å². The molecule has 14 heavy (non-hydrogen) atoms. The maximum Gasteiger partial charge on any atom is 0.123 e. The van der Waals surface area contributed by atoms with Crippen molar-refractivity contribution in [2.24, 2.45) is 5.73 Å². The van der Waals surface area contributed by atoms with E-state index in [1.165, 1.54) is 0 Å². The van der Waals surface area contributed by atoms with Gasteiger partial charge in [0.25, 0.3) is 0 Å². The van der Waals surface area contributed by atoms with Crippen molar-refractivity contribution < 1.29 is 5.11 Å². The number of nitrogens with two attached hydrogens (primary N) is 1. The third-order valence-corrected chi connectivity index (χ3v) is 2.37. The molecule has 3 N–H and O–H groups in total. The molecular formula is C11H14N2O. The average Bonchev–Trinajstić information content (AvgIpc) is 2.11. The minimum Gasteiger partial charge on any atom is -0.507 e. The zero-order valence-corrected chi connectivity index (χ0v) is 8.63. The summed E-state index contributed by atoms with van der Waals surface area (Å²) in [5.41, 5.74) is 8.45. The molecule has 3 nitrogen and oxygen atoms in total. The molecule has 0 aromatic heterocycles. The molecule has 1 unspecified atom stereocenters. The second kappa shape index (κ2) is 3.69. The lowest BCUT2D eigenvalue weighted by atomic mass is 9.94. The summed E-state index contributed by atoms with van der Waals surface area (Å²) in [4.78, 5) is 0. The molecule has 0 heterocycles. The van der Waals surface area contributed by atoms with E-state index in [4.69, 9.17) is 11.0 Å². The zero-order valence-electron chi connectivity index (χ0n) is 8.63. The van der Waals surface area contributed by atoms with Crippen LogP contribution in [0.3, 0.4) is 0 Å². The van der Waals surface area contributed by atoms with E-state index in [2.05, 4.69) is 6.07 Å². The van der Waals surface area contributed by atoms with Crippen LogP contribution >= 0.6 is 0 Å². The van der Waals surface area contributed by atoms with Crippen molar-refractivity contribution in [3.8, 4) is 11.8 Å². The van der Waals surface area contributed by atoms with Gasteiger partial charge < -0.3 is 10.8 Å². The number of hydrogen-bond acceptors (Lipinski definition) is 3. The molecule has 0 amide bonds. The summed E-state index contributed by atoms with van der Waals surface area (Å²) in [6, 6.07) is 3.51. The van der Waals surface area contributed by atoms with Gasteiger partial charge in [-0.3, -0.25) is 0 Å². The van der Waals surface area contributed by atoms with Gasteiger partial charge in [-0.15, -0.1) is 0 Å². The Morgan fingerprint density at radius 3 is 2.50 bits per heavy atom. The Morgan fingerprint density at radius 2 is 2.07 bits per heavy atom. The Kier molecular flexibility index (Phi) is 2.78. The highest BCUT2D eigenvalue weighted by atomic mass is 16.3. The summed E-state index contributed by atoms with van der Waals surface area (Å²) < 4.78 is 0. The van der Waals surface area contributed by atoms with Crippen LogP contribution < -0.4 is 5.73 Å². The lowest BCUT2D eigenvalue weighted by Crippen LogP contribution is -2.09. The summed E-state index contributed by atoms with van der Waals surface area (Å²) in [5.74, 6) is 0.205. The molecule has 3 heteroatoms. The first-order valence-electron chi connectivity index (χ1n) is 4.47. The van der Waals surface area contributed by atoms with E-state index < -0.39 is 0 Å². The quantitative estimate of drug-likeness (QED) is 0.710. The van der Waals surface area contributed by atoms with Crippen molar-refractivity contribution in [1.82, 2.24) is 0 Å². The fourth-order valence-corrected chi connectivity index (χ4v) is 1.60. The average molecular weight is 190 g/mol. The van der Waals surface area contributed by atoms with Crippen LogP contribution in [0, 0.1) is 25.2 Å². The molecule has 0 fully saturated rings. The van der Waals surface area contributed by atoms with Crippen LogP contribution in [0.2, 0.25) is 0 Å². The molecule has 0 saturated heterocycles. The lowest BCUT2D eigenvalue weighted by Gasteiger charge is -2.15. The molecule has 0 aliphatic heterocycles. The molecule has 74 valence electrons. The predicted molar refractivity (Wildman–Crippen MR) is 54.9 cm³/mol. The number of phenolic OH excluding ortho intramolecular Hbond substituents is 1. The molecule has 0 spiro atoms. The van der Waals surface area contributed by atoms with E-state index >= 15 is 0 Å². The van der Waals surface area contributed by atoms with Gasteiger partial charge in [-0.25, -0.2) is 0 Å². The van der Waals surface area contributed by atoms with Gasteiger partial charge in [0.05, 0.1) is 11.6 Å². The second-order valence-corrected chi connectivity index (χ2v) is 3.53. The number of aromatic hydroxyl groups is 1. The van der Waals surface area contributed by atoms with Crippen LogP contribution in [-0.2, 0) is 0 Å². The topological polar surface area (TPSA) is 70.0 Å². The summed E-state index contributed by atoms with van der Waals surface area (Å²) in [6.45, 7) is 5.36. The largest absolute Gasteiger partial charge is 0.507 e. The normalized spacial score (nSPS) is 12.2. The van der Waals surface area contributed by atoms with Crippen LogP contribution in [0.25, 0.3) is 0 Å². The van der Waals surface area contributed by atoms with Crippen molar-refractivity contribution in [2.75, 3.05) is 0 Å². The molecule has 0 aliphatic rings. The van der Waals surface area contributed by atoms with Crippen molar-refractivity contribution in [3.05, 3.63) is 28.3 Å². The van der Waals surface area contributed by atoms with Crippen molar-refractivity contribution in [2.45, 2.75) is 26.8 Å². The number of nitrogens with zero attached hydrogens (tertiary/aromatic N) is 1. The van der Waals surface area contributed by atoms with Gasteiger partial charge in [-0.1, -0.05) is 0 Å². The molecule has 1 rings (SSSR count). The lowest BCUT2D eigenvalue weighted by molar-refractivity contribution is 0.458. The molecule has 1 aromatic rings. The first kappa shape index (κ1) is 10.6. The van der Waals surface area contributed by atoms with E-state index in [0.29, 0.717) is 16.7 Å². The molecule has 1 atom stereocenters. The van der Waals surface area contributed by atoms with Crippen LogP contribution in [0.15, 0.2) is 6.07 Å². The van der Waals surface area contributed by atoms with Crippen molar-refractivity contribution in [1.29, 1.82) is 5.26 Å². The maximum atomic E-state index is 9.78. The minimum absolute atomic E-state index is 0.205. The fraction of sp³-hybridized carbons (Fsp3) is 0.364. The van der Waals surface area contributed by atoms with Crippen LogP contribution in [0.5, 0.6) is 5.75 Å². The summed E-state index contributed by atoms with van der Waals surface area (Å²) in [7, 11) is 0. The summed E-state index contributed by atoms with van der Waals surface area (Å²) in [5, 5.41) is 18.6. The van der Waals surface area contributed by atoms with Crippen LogP contribution in [0.4, 0.5) is 0 Å². The number of benzene rings is 1. The van der Waals surface area contributed by atoms with Crippen LogP contribution in [-0.4, -0.2) is 5.11 Å². The molecule has 0 aliphatic carbocycles. The smallest absolute Gasteiger partial charge is 0.123 e. The zero-order chi connectivity index (χ0) is 10.9. The van der Waals surface area contributed by atoms with E-state index in [9.17, 15) is 5.11 Å². The number of phenols is 1. The van der Waals surface area contributed by atoms with Gasteiger partial charge in [0.1, 0.15) is 5.75 Å². The Balaban J connectivity index is 3.55.